The van der Waals surface area contributed by atoms with E-state index in [1.54, 1.807) is 38.1 Å². The molecule has 9 heteroatoms. The van der Waals surface area contributed by atoms with Gasteiger partial charge < -0.3 is 10.2 Å². The van der Waals surface area contributed by atoms with Gasteiger partial charge in [-0.25, -0.2) is 8.42 Å². The molecule has 0 saturated heterocycles. The summed E-state index contributed by atoms with van der Waals surface area (Å²) in [6.07, 6.45) is 0.738. The molecule has 39 heavy (non-hydrogen) atoms. The Bertz CT molecular complexity index is 1400. The Morgan fingerprint density at radius 2 is 1.59 bits per heavy atom. The summed E-state index contributed by atoms with van der Waals surface area (Å²) in [7, 11) is -4.15. The molecule has 0 aromatic heterocycles. The number of anilines is 1. The molecule has 2 atom stereocenters. The van der Waals surface area contributed by atoms with Crippen LogP contribution in [0, 0.1) is 13.8 Å². The summed E-state index contributed by atoms with van der Waals surface area (Å²) in [4.78, 5) is 28.5. The zero-order valence-electron chi connectivity index (χ0n) is 23.0. The molecule has 2 amide bonds. The van der Waals surface area contributed by atoms with Gasteiger partial charge in [-0.1, -0.05) is 72.6 Å². The van der Waals surface area contributed by atoms with Crippen molar-refractivity contribution in [2.75, 3.05) is 10.8 Å². The van der Waals surface area contributed by atoms with E-state index >= 15 is 0 Å². The van der Waals surface area contributed by atoms with Crippen molar-refractivity contribution in [3.05, 3.63) is 94.5 Å². The highest BCUT2D eigenvalue weighted by atomic mass is 35.5. The van der Waals surface area contributed by atoms with Gasteiger partial charge in [0.25, 0.3) is 10.0 Å². The highest BCUT2D eigenvalue weighted by molar-refractivity contribution is 7.92. The van der Waals surface area contributed by atoms with E-state index < -0.39 is 28.5 Å². The van der Waals surface area contributed by atoms with Gasteiger partial charge in [-0.05, 0) is 69.5 Å². The van der Waals surface area contributed by atoms with Crippen molar-refractivity contribution >= 4 is 39.1 Å². The fraction of sp³-hybridized carbons (Fsp3) is 0.333. The average molecular weight is 570 g/mol. The number of carbonyl (C=O) groups excluding carboxylic acids is 2. The van der Waals surface area contributed by atoms with Crippen LogP contribution in [0.2, 0.25) is 5.02 Å². The van der Waals surface area contributed by atoms with Crippen molar-refractivity contribution in [1.29, 1.82) is 0 Å². The number of nitrogens with zero attached hydrogens (tertiary/aromatic N) is 2. The molecule has 0 fully saturated rings. The Hall–Kier alpha value is -3.36. The lowest BCUT2D eigenvalue weighted by atomic mass is 10.1. The van der Waals surface area contributed by atoms with Gasteiger partial charge in [0.2, 0.25) is 11.8 Å². The van der Waals surface area contributed by atoms with Crippen LogP contribution in [0.25, 0.3) is 0 Å². The monoisotopic (exact) mass is 569 g/mol. The second-order valence-corrected chi connectivity index (χ2v) is 12.1. The third-order valence-electron chi connectivity index (χ3n) is 6.69. The van der Waals surface area contributed by atoms with Gasteiger partial charge in [0.1, 0.15) is 12.6 Å². The number of nitrogens with one attached hydrogen (secondary N) is 1. The Morgan fingerprint density at radius 3 is 2.21 bits per heavy atom. The van der Waals surface area contributed by atoms with E-state index in [2.05, 4.69) is 5.32 Å². The topological polar surface area (TPSA) is 86.8 Å². The van der Waals surface area contributed by atoms with Crippen molar-refractivity contribution in [2.24, 2.45) is 0 Å². The summed E-state index contributed by atoms with van der Waals surface area (Å²) in [5.41, 5.74) is 2.67. The molecule has 0 unspecified atom stereocenters. The number of amides is 2. The molecule has 208 valence electrons. The summed E-state index contributed by atoms with van der Waals surface area (Å²) in [6, 6.07) is 19.8. The van der Waals surface area contributed by atoms with Crippen LogP contribution in [0.15, 0.2) is 77.7 Å². The minimum Gasteiger partial charge on any atom is -0.352 e. The zero-order valence-corrected chi connectivity index (χ0v) is 24.6. The van der Waals surface area contributed by atoms with E-state index in [1.165, 1.54) is 23.1 Å². The van der Waals surface area contributed by atoms with Crippen LogP contribution in [-0.2, 0) is 26.2 Å². The molecule has 7 nitrogen and oxygen atoms in total. The zero-order chi connectivity index (χ0) is 28.7. The lowest BCUT2D eigenvalue weighted by Crippen LogP contribution is -2.52. The van der Waals surface area contributed by atoms with Crippen LogP contribution >= 0.6 is 11.6 Å². The summed E-state index contributed by atoms with van der Waals surface area (Å²) in [5.74, 6) is -0.818. The third kappa shape index (κ3) is 7.61. The molecule has 3 rings (SSSR count). The summed E-state index contributed by atoms with van der Waals surface area (Å²) in [5, 5.41) is 3.27. The first-order chi connectivity index (χ1) is 18.4. The number of hydrogen-bond donors (Lipinski definition) is 1. The first kappa shape index (κ1) is 30.2. The Labute approximate surface area is 236 Å². The van der Waals surface area contributed by atoms with Gasteiger partial charge in [-0.15, -0.1) is 0 Å². The van der Waals surface area contributed by atoms with Crippen LogP contribution < -0.4 is 9.62 Å². The molecule has 0 radical (unpaired) electrons. The smallest absolute Gasteiger partial charge is 0.264 e. The quantitative estimate of drug-likeness (QED) is 0.331. The standard InChI is InChI=1S/C30H36ClN3O4S/c1-6-23(4)32-30(36)24(5)33(19-25-10-8-7-9-11-25)29(35)20-34(28-18-26(31)15-14-22(28)3)39(37,38)27-16-12-21(2)13-17-27/h7-18,23-24H,6,19-20H2,1-5H3,(H,32,36)/t23-,24-/m0/s1. The Kier molecular flexibility index (Phi) is 10.2. The lowest BCUT2D eigenvalue weighted by molar-refractivity contribution is -0.139. The third-order valence-corrected chi connectivity index (χ3v) is 8.70. The molecule has 1 N–H and O–H groups in total. The van der Waals surface area contributed by atoms with Crippen molar-refractivity contribution in [3.8, 4) is 0 Å². The van der Waals surface area contributed by atoms with Gasteiger partial charge in [0.05, 0.1) is 10.6 Å². The highest BCUT2D eigenvalue weighted by Gasteiger charge is 2.33. The molecule has 0 aliphatic rings. The number of carbonyl (C=O) groups is 2. The number of benzene rings is 3. The van der Waals surface area contributed by atoms with E-state index in [4.69, 9.17) is 11.6 Å². The highest BCUT2D eigenvalue weighted by Crippen LogP contribution is 2.30. The van der Waals surface area contributed by atoms with E-state index in [0.717, 1.165) is 21.9 Å². The largest absolute Gasteiger partial charge is 0.352 e. The van der Waals surface area contributed by atoms with Crippen LogP contribution in [0.4, 0.5) is 5.69 Å². The van der Waals surface area contributed by atoms with E-state index in [9.17, 15) is 18.0 Å². The number of halogens is 1. The Balaban J connectivity index is 2.05. The molecule has 0 heterocycles. The molecule has 0 saturated carbocycles. The molecule has 0 bridgehead atoms. The predicted molar refractivity (Wildman–Crippen MR) is 156 cm³/mol. The van der Waals surface area contributed by atoms with Crippen LogP contribution in [0.1, 0.15) is 43.9 Å². The van der Waals surface area contributed by atoms with E-state index in [-0.39, 0.29) is 23.4 Å². The maximum Gasteiger partial charge on any atom is 0.264 e. The second-order valence-electron chi connectivity index (χ2n) is 9.76. The van der Waals surface area contributed by atoms with Crippen molar-refractivity contribution in [1.82, 2.24) is 10.2 Å². The summed E-state index contributed by atoms with van der Waals surface area (Å²) in [6.45, 7) is 8.77. The van der Waals surface area contributed by atoms with E-state index in [0.29, 0.717) is 16.3 Å². The van der Waals surface area contributed by atoms with Gasteiger partial charge >= 0.3 is 0 Å². The van der Waals surface area contributed by atoms with Crippen LogP contribution in [0.5, 0.6) is 0 Å². The van der Waals surface area contributed by atoms with Crippen molar-refractivity contribution < 1.29 is 18.0 Å². The van der Waals surface area contributed by atoms with Gasteiger partial charge in [-0.3, -0.25) is 13.9 Å². The van der Waals surface area contributed by atoms with Crippen LogP contribution in [-0.4, -0.2) is 43.8 Å². The van der Waals surface area contributed by atoms with Gasteiger partial charge in [0.15, 0.2) is 0 Å². The SMILES string of the molecule is CC[C@H](C)NC(=O)[C@H](C)N(Cc1ccccc1)C(=O)CN(c1cc(Cl)ccc1C)S(=O)(=O)c1ccc(C)cc1. The average Bonchev–Trinajstić information content (AvgIpc) is 2.91. The number of hydrogen-bond acceptors (Lipinski definition) is 4. The van der Waals surface area contributed by atoms with Gasteiger partial charge in [0, 0.05) is 17.6 Å². The van der Waals surface area contributed by atoms with E-state index in [1.807, 2.05) is 51.1 Å². The minimum atomic E-state index is -4.15. The molecule has 0 aliphatic carbocycles. The minimum absolute atomic E-state index is 0.0532. The molecule has 0 spiro atoms. The summed E-state index contributed by atoms with van der Waals surface area (Å²) >= 11 is 6.27. The number of sulfonamides is 1. The predicted octanol–water partition coefficient (Wildman–Crippen LogP) is 5.48. The van der Waals surface area contributed by atoms with Crippen LogP contribution in [0.3, 0.4) is 0 Å². The normalized spacial score (nSPS) is 12.9. The molecule has 0 aliphatic heterocycles. The maximum absolute atomic E-state index is 14.0. The van der Waals surface area contributed by atoms with Gasteiger partial charge in [-0.2, -0.15) is 0 Å². The van der Waals surface area contributed by atoms with Crippen molar-refractivity contribution in [3.63, 3.8) is 0 Å². The number of aryl methyl sites for hydroxylation is 2. The first-order valence-corrected chi connectivity index (χ1v) is 14.7. The maximum atomic E-state index is 14.0. The number of rotatable bonds is 11. The summed E-state index contributed by atoms with van der Waals surface area (Å²) < 4.78 is 29.0. The fourth-order valence-electron chi connectivity index (χ4n) is 4.03. The molecule has 3 aromatic rings. The fourth-order valence-corrected chi connectivity index (χ4v) is 5.67. The lowest BCUT2D eigenvalue weighted by Gasteiger charge is -2.33. The molecule has 3 aromatic carbocycles. The molecular formula is C30H36ClN3O4S. The Morgan fingerprint density at radius 1 is 0.949 bits per heavy atom. The van der Waals surface area contributed by atoms with Crippen molar-refractivity contribution in [2.45, 2.75) is 64.6 Å². The first-order valence-electron chi connectivity index (χ1n) is 12.9. The second kappa shape index (κ2) is 13.1. The molecular weight excluding hydrogens is 534 g/mol.